The molecule has 0 bridgehead atoms. The molecule has 2 aromatic rings. The highest BCUT2D eigenvalue weighted by Crippen LogP contribution is 2.33. The minimum Gasteiger partial charge on any atom is -0.398 e. The van der Waals surface area contributed by atoms with E-state index in [4.69, 9.17) is 11.1 Å². The maximum Gasteiger partial charge on any atom is 0.0455 e. The fourth-order valence-electron chi connectivity index (χ4n) is 1.38. The molecule has 0 saturated carbocycles. The number of hydrogen-bond acceptors (Lipinski definition) is 3. The Hall–Kier alpha value is -1.74. The smallest absolute Gasteiger partial charge is 0.0455 e. The van der Waals surface area contributed by atoms with Gasteiger partial charge < -0.3 is 11.1 Å². The number of nitrogens with two attached hydrogens (primary N) is 1. The summed E-state index contributed by atoms with van der Waals surface area (Å²) in [6.45, 7) is 0. The van der Waals surface area contributed by atoms with E-state index in [0.717, 1.165) is 21.0 Å². The van der Waals surface area contributed by atoms with Crippen molar-refractivity contribution in [2.45, 2.75) is 9.79 Å². The van der Waals surface area contributed by atoms with E-state index in [9.17, 15) is 0 Å². The zero-order valence-electron chi connectivity index (χ0n) is 8.68. The van der Waals surface area contributed by atoms with Crippen LogP contribution < -0.4 is 5.73 Å². The van der Waals surface area contributed by atoms with Crippen molar-refractivity contribution < 1.29 is 0 Å². The lowest BCUT2D eigenvalue weighted by atomic mass is 10.2. The summed E-state index contributed by atoms with van der Waals surface area (Å²) in [6.07, 6.45) is 1.36. The first kappa shape index (κ1) is 10.8. The third kappa shape index (κ3) is 2.25. The van der Waals surface area contributed by atoms with Gasteiger partial charge in [0, 0.05) is 27.3 Å². The molecule has 0 heterocycles. The Balaban J connectivity index is 2.34. The van der Waals surface area contributed by atoms with Crippen molar-refractivity contribution in [1.29, 1.82) is 5.41 Å². The summed E-state index contributed by atoms with van der Waals surface area (Å²) in [4.78, 5) is 2.08. The summed E-state index contributed by atoms with van der Waals surface area (Å²) >= 11 is 1.59. The Labute approximate surface area is 99.0 Å². The SMILES string of the molecule is N=Cc1ccccc1Sc1ccccc1N. The van der Waals surface area contributed by atoms with Crippen molar-refractivity contribution in [2.75, 3.05) is 5.73 Å². The van der Waals surface area contributed by atoms with Crippen LogP contribution in [0.1, 0.15) is 5.56 Å². The fraction of sp³-hybridized carbons (Fsp3) is 0. The highest BCUT2D eigenvalue weighted by atomic mass is 32.2. The van der Waals surface area contributed by atoms with Gasteiger partial charge in [0.2, 0.25) is 0 Å². The van der Waals surface area contributed by atoms with Crippen molar-refractivity contribution >= 4 is 23.7 Å². The van der Waals surface area contributed by atoms with E-state index in [2.05, 4.69) is 0 Å². The minimum absolute atomic E-state index is 0.771. The van der Waals surface area contributed by atoms with Crippen LogP contribution in [0.4, 0.5) is 5.69 Å². The molecule has 3 heteroatoms. The van der Waals surface area contributed by atoms with Gasteiger partial charge in [-0.05, 0) is 18.2 Å². The molecular formula is C13H12N2S. The van der Waals surface area contributed by atoms with Gasteiger partial charge >= 0.3 is 0 Å². The van der Waals surface area contributed by atoms with E-state index in [1.807, 2.05) is 48.5 Å². The maximum atomic E-state index is 7.33. The second kappa shape index (κ2) is 4.86. The van der Waals surface area contributed by atoms with Gasteiger partial charge in [0.25, 0.3) is 0 Å². The lowest BCUT2D eigenvalue weighted by Gasteiger charge is -2.07. The van der Waals surface area contributed by atoms with Crippen molar-refractivity contribution in [1.82, 2.24) is 0 Å². The number of para-hydroxylation sites is 1. The summed E-state index contributed by atoms with van der Waals surface area (Å²) in [6, 6.07) is 15.6. The maximum absolute atomic E-state index is 7.33. The zero-order chi connectivity index (χ0) is 11.4. The van der Waals surface area contributed by atoms with E-state index < -0.39 is 0 Å². The highest BCUT2D eigenvalue weighted by molar-refractivity contribution is 7.99. The molecule has 80 valence electrons. The lowest BCUT2D eigenvalue weighted by molar-refractivity contribution is 1.38. The molecule has 3 N–H and O–H groups in total. The molecule has 0 saturated heterocycles. The molecule has 2 nitrogen and oxygen atoms in total. The van der Waals surface area contributed by atoms with Crippen molar-refractivity contribution in [3.05, 3.63) is 54.1 Å². The molecule has 2 aromatic carbocycles. The second-order valence-corrected chi connectivity index (χ2v) is 4.41. The second-order valence-electron chi connectivity index (χ2n) is 3.32. The van der Waals surface area contributed by atoms with E-state index in [-0.39, 0.29) is 0 Å². The number of rotatable bonds is 3. The Kier molecular flexibility index (Phi) is 3.27. The number of anilines is 1. The molecule has 0 fully saturated rings. The highest BCUT2D eigenvalue weighted by Gasteiger charge is 2.03. The third-order valence-electron chi connectivity index (χ3n) is 2.21. The molecule has 0 aliphatic heterocycles. The topological polar surface area (TPSA) is 49.9 Å². The van der Waals surface area contributed by atoms with Gasteiger partial charge in [-0.15, -0.1) is 0 Å². The number of nitrogen functional groups attached to an aromatic ring is 1. The molecule has 0 aromatic heterocycles. The quantitative estimate of drug-likeness (QED) is 0.624. The molecule has 0 unspecified atom stereocenters. The normalized spacial score (nSPS) is 10.0. The minimum atomic E-state index is 0.771. The van der Waals surface area contributed by atoms with Gasteiger partial charge in [-0.3, -0.25) is 0 Å². The van der Waals surface area contributed by atoms with Gasteiger partial charge in [0.1, 0.15) is 0 Å². The van der Waals surface area contributed by atoms with Gasteiger partial charge in [0.15, 0.2) is 0 Å². The van der Waals surface area contributed by atoms with Crippen molar-refractivity contribution in [2.24, 2.45) is 0 Å². The average molecular weight is 228 g/mol. The van der Waals surface area contributed by atoms with Crippen LogP contribution in [0.3, 0.4) is 0 Å². The van der Waals surface area contributed by atoms with E-state index >= 15 is 0 Å². The Morgan fingerprint density at radius 1 is 0.938 bits per heavy atom. The molecule has 0 spiro atoms. The predicted octanol–water partition coefficient (Wildman–Crippen LogP) is 3.42. The van der Waals surface area contributed by atoms with Gasteiger partial charge in [0.05, 0.1) is 0 Å². The standard InChI is InChI=1S/C13H12N2S/c14-9-10-5-1-3-7-12(10)16-13-8-4-2-6-11(13)15/h1-9,14H,15H2. The van der Waals surface area contributed by atoms with Crippen molar-refractivity contribution in [3.63, 3.8) is 0 Å². The first-order valence-corrected chi connectivity index (χ1v) is 5.75. The van der Waals surface area contributed by atoms with Crippen LogP contribution in [0.15, 0.2) is 58.3 Å². The van der Waals surface area contributed by atoms with Crippen LogP contribution in [0.25, 0.3) is 0 Å². The Morgan fingerprint density at radius 3 is 2.25 bits per heavy atom. The third-order valence-corrected chi connectivity index (χ3v) is 3.40. The van der Waals surface area contributed by atoms with Crippen LogP contribution in [0.5, 0.6) is 0 Å². The summed E-state index contributed by atoms with van der Waals surface area (Å²) in [5.41, 5.74) is 7.57. The summed E-state index contributed by atoms with van der Waals surface area (Å²) in [5.74, 6) is 0. The summed E-state index contributed by atoms with van der Waals surface area (Å²) < 4.78 is 0. The molecule has 0 aliphatic carbocycles. The first-order chi connectivity index (χ1) is 7.81. The van der Waals surface area contributed by atoms with Gasteiger partial charge in [-0.2, -0.15) is 0 Å². The first-order valence-electron chi connectivity index (χ1n) is 4.93. The average Bonchev–Trinajstić information content (AvgIpc) is 2.33. The van der Waals surface area contributed by atoms with E-state index in [1.54, 1.807) is 11.8 Å². The van der Waals surface area contributed by atoms with Crippen LogP contribution in [-0.2, 0) is 0 Å². The van der Waals surface area contributed by atoms with Crippen LogP contribution >= 0.6 is 11.8 Å². The fourth-order valence-corrected chi connectivity index (χ4v) is 2.35. The summed E-state index contributed by atoms with van der Waals surface area (Å²) in [7, 11) is 0. The molecule has 0 amide bonds. The lowest BCUT2D eigenvalue weighted by Crippen LogP contribution is -1.89. The number of benzene rings is 2. The number of hydrogen-bond donors (Lipinski definition) is 2. The van der Waals surface area contributed by atoms with Crippen molar-refractivity contribution in [3.8, 4) is 0 Å². The molecule has 16 heavy (non-hydrogen) atoms. The summed E-state index contributed by atoms with van der Waals surface area (Å²) in [5, 5.41) is 7.33. The molecule has 0 radical (unpaired) electrons. The Bertz CT molecular complexity index is 509. The van der Waals surface area contributed by atoms with Crippen LogP contribution in [0, 0.1) is 5.41 Å². The number of nitrogens with one attached hydrogen (secondary N) is 1. The van der Waals surface area contributed by atoms with Gasteiger partial charge in [-0.25, -0.2) is 0 Å². The predicted molar refractivity (Wildman–Crippen MR) is 69.3 cm³/mol. The molecule has 0 atom stereocenters. The van der Waals surface area contributed by atoms with Gasteiger partial charge in [-0.1, -0.05) is 42.1 Å². The molecule has 2 rings (SSSR count). The van der Waals surface area contributed by atoms with Crippen LogP contribution in [0.2, 0.25) is 0 Å². The largest absolute Gasteiger partial charge is 0.398 e. The van der Waals surface area contributed by atoms with E-state index in [1.165, 1.54) is 6.21 Å². The van der Waals surface area contributed by atoms with E-state index in [0.29, 0.717) is 0 Å². The van der Waals surface area contributed by atoms with Crippen LogP contribution in [-0.4, -0.2) is 6.21 Å². The monoisotopic (exact) mass is 228 g/mol. The molecule has 0 aliphatic rings. The molecular weight excluding hydrogens is 216 g/mol. The Morgan fingerprint density at radius 2 is 1.56 bits per heavy atom. The zero-order valence-corrected chi connectivity index (χ0v) is 9.50.